The number of aryl methyl sites for hydroxylation is 1. The SMILES string of the molecule is CN(CC=O)C1CCCc2c1ccc1c2ccc2ccccc21. The van der Waals surface area contributed by atoms with Crippen molar-refractivity contribution in [1.82, 2.24) is 4.90 Å². The minimum absolute atomic E-state index is 0.361. The summed E-state index contributed by atoms with van der Waals surface area (Å²) in [5.41, 5.74) is 2.88. The summed E-state index contributed by atoms with van der Waals surface area (Å²) >= 11 is 0. The highest BCUT2D eigenvalue weighted by Crippen LogP contribution is 2.39. The van der Waals surface area contributed by atoms with Gasteiger partial charge in [0.1, 0.15) is 6.29 Å². The number of fused-ring (bicyclic) bond motifs is 5. The van der Waals surface area contributed by atoms with Crippen LogP contribution in [0.5, 0.6) is 0 Å². The van der Waals surface area contributed by atoms with Crippen LogP contribution in [0, 0.1) is 0 Å². The number of hydrogen-bond donors (Lipinski definition) is 0. The molecule has 3 aromatic rings. The van der Waals surface area contributed by atoms with Crippen molar-refractivity contribution in [3.05, 3.63) is 59.7 Å². The Kier molecular flexibility index (Phi) is 3.62. The topological polar surface area (TPSA) is 20.3 Å². The van der Waals surface area contributed by atoms with Crippen LogP contribution in [0.15, 0.2) is 48.5 Å². The maximum atomic E-state index is 10.9. The smallest absolute Gasteiger partial charge is 0.133 e. The van der Waals surface area contributed by atoms with Gasteiger partial charge in [-0.15, -0.1) is 0 Å². The molecule has 0 bridgehead atoms. The fourth-order valence-electron chi connectivity index (χ4n) is 4.09. The molecule has 1 atom stereocenters. The van der Waals surface area contributed by atoms with Crippen molar-refractivity contribution in [1.29, 1.82) is 0 Å². The van der Waals surface area contributed by atoms with Crippen LogP contribution in [0.1, 0.15) is 30.0 Å². The molecule has 0 N–H and O–H groups in total. The Balaban J connectivity index is 1.93. The van der Waals surface area contributed by atoms with Gasteiger partial charge in [-0.3, -0.25) is 4.90 Å². The maximum absolute atomic E-state index is 10.9. The van der Waals surface area contributed by atoms with Crippen LogP contribution in [-0.2, 0) is 11.2 Å². The van der Waals surface area contributed by atoms with E-state index in [1.807, 2.05) is 0 Å². The Labute approximate surface area is 136 Å². The van der Waals surface area contributed by atoms with Gasteiger partial charge >= 0.3 is 0 Å². The van der Waals surface area contributed by atoms with Crippen LogP contribution in [0.25, 0.3) is 21.5 Å². The van der Waals surface area contributed by atoms with E-state index in [1.54, 1.807) is 0 Å². The van der Waals surface area contributed by atoms with Crippen LogP contribution >= 0.6 is 0 Å². The highest BCUT2D eigenvalue weighted by molar-refractivity contribution is 6.08. The molecule has 0 spiro atoms. The predicted octanol–water partition coefficient (Wildman–Crippen LogP) is 4.50. The van der Waals surface area contributed by atoms with Crippen molar-refractivity contribution in [3.63, 3.8) is 0 Å². The predicted molar refractivity (Wildman–Crippen MR) is 95.8 cm³/mol. The van der Waals surface area contributed by atoms with E-state index in [0.29, 0.717) is 12.6 Å². The van der Waals surface area contributed by atoms with Gasteiger partial charge in [0, 0.05) is 6.04 Å². The molecule has 0 saturated heterocycles. The zero-order valence-corrected chi connectivity index (χ0v) is 13.5. The first-order valence-electron chi connectivity index (χ1n) is 8.36. The van der Waals surface area contributed by atoms with Gasteiger partial charge in [0.25, 0.3) is 0 Å². The zero-order chi connectivity index (χ0) is 15.8. The van der Waals surface area contributed by atoms with Gasteiger partial charge in [0.05, 0.1) is 6.54 Å². The average molecular weight is 303 g/mol. The summed E-state index contributed by atoms with van der Waals surface area (Å²) in [6, 6.07) is 18.0. The summed E-state index contributed by atoms with van der Waals surface area (Å²) in [4.78, 5) is 13.1. The number of aldehydes is 1. The van der Waals surface area contributed by atoms with E-state index in [0.717, 1.165) is 19.1 Å². The number of nitrogens with zero attached hydrogens (tertiary/aromatic N) is 1. The third-order valence-electron chi connectivity index (χ3n) is 5.23. The van der Waals surface area contributed by atoms with Crippen molar-refractivity contribution >= 4 is 27.8 Å². The van der Waals surface area contributed by atoms with E-state index in [-0.39, 0.29) is 0 Å². The van der Waals surface area contributed by atoms with Gasteiger partial charge in [-0.25, -0.2) is 0 Å². The zero-order valence-electron chi connectivity index (χ0n) is 13.5. The minimum atomic E-state index is 0.361. The number of likely N-dealkylation sites (N-methyl/N-ethyl adjacent to an activating group) is 1. The largest absolute Gasteiger partial charge is 0.302 e. The molecule has 4 rings (SSSR count). The number of benzene rings is 3. The maximum Gasteiger partial charge on any atom is 0.133 e. The Morgan fingerprint density at radius 3 is 2.74 bits per heavy atom. The Morgan fingerprint density at radius 1 is 1.04 bits per heavy atom. The van der Waals surface area contributed by atoms with Crippen molar-refractivity contribution in [3.8, 4) is 0 Å². The average Bonchev–Trinajstić information content (AvgIpc) is 2.60. The molecule has 116 valence electrons. The van der Waals surface area contributed by atoms with Crippen molar-refractivity contribution < 1.29 is 4.79 Å². The fourth-order valence-corrected chi connectivity index (χ4v) is 4.09. The molecule has 0 heterocycles. The first kappa shape index (κ1) is 14.4. The van der Waals surface area contributed by atoms with Gasteiger partial charge in [-0.1, -0.05) is 48.5 Å². The molecule has 0 saturated carbocycles. The summed E-state index contributed by atoms with van der Waals surface area (Å²) in [5, 5.41) is 5.35. The highest BCUT2D eigenvalue weighted by Gasteiger charge is 2.25. The normalized spacial score (nSPS) is 17.6. The molecule has 2 nitrogen and oxygen atoms in total. The Hall–Kier alpha value is -2.19. The molecule has 0 aromatic heterocycles. The molecule has 0 fully saturated rings. The summed E-state index contributed by atoms with van der Waals surface area (Å²) in [6.45, 7) is 0.500. The van der Waals surface area contributed by atoms with Gasteiger partial charge in [-0.05, 0) is 59.0 Å². The summed E-state index contributed by atoms with van der Waals surface area (Å²) in [5.74, 6) is 0. The van der Waals surface area contributed by atoms with Gasteiger partial charge < -0.3 is 4.79 Å². The van der Waals surface area contributed by atoms with Crippen molar-refractivity contribution in [2.24, 2.45) is 0 Å². The summed E-state index contributed by atoms with van der Waals surface area (Å²) in [6.07, 6.45) is 4.46. The minimum Gasteiger partial charge on any atom is -0.302 e. The number of carbonyl (C=O) groups is 1. The lowest BCUT2D eigenvalue weighted by Gasteiger charge is -2.33. The number of carbonyl (C=O) groups excluding carboxylic acids is 1. The van der Waals surface area contributed by atoms with Crippen molar-refractivity contribution in [2.75, 3.05) is 13.6 Å². The lowest BCUT2D eigenvalue weighted by molar-refractivity contribution is -0.109. The van der Waals surface area contributed by atoms with Crippen LogP contribution in [-0.4, -0.2) is 24.8 Å². The Bertz CT molecular complexity index is 884. The third kappa shape index (κ3) is 2.34. The molecule has 1 unspecified atom stereocenters. The van der Waals surface area contributed by atoms with Crippen LogP contribution in [0.3, 0.4) is 0 Å². The number of rotatable bonds is 3. The first-order chi connectivity index (χ1) is 11.3. The van der Waals surface area contributed by atoms with E-state index in [4.69, 9.17) is 0 Å². The third-order valence-corrected chi connectivity index (χ3v) is 5.23. The molecule has 1 aliphatic carbocycles. The summed E-state index contributed by atoms with van der Waals surface area (Å²) < 4.78 is 0. The van der Waals surface area contributed by atoms with E-state index >= 15 is 0 Å². The summed E-state index contributed by atoms with van der Waals surface area (Å²) in [7, 11) is 2.05. The van der Waals surface area contributed by atoms with Crippen LogP contribution in [0.2, 0.25) is 0 Å². The lowest BCUT2D eigenvalue weighted by Crippen LogP contribution is -2.29. The molecule has 0 amide bonds. The van der Waals surface area contributed by atoms with E-state index in [2.05, 4.69) is 60.5 Å². The van der Waals surface area contributed by atoms with E-state index < -0.39 is 0 Å². The Morgan fingerprint density at radius 2 is 1.87 bits per heavy atom. The standard InChI is InChI=1S/C21H21NO/c1-22(13-14-23)21-8-4-7-17-19-10-9-15-5-2-3-6-16(15)18(19)11-12-20(17)21/h2-3,5-6,9-12,14,21H,4,7-8,13H2,1H3. The van der Waals surface area contributed by atoms with Gasteiger partial charge in [0.2, 0.25) is 0 Å². The molecule has 0 aliphatic heterocycles. The second-order valence-electron chi connectivity index (χ2n) is 6.53. The van der Waals surface area contributed by atoms with E-state index in [9.17, 15) is 4.79 Å². The van der Waals surface area contributed by atoms with Crippen LogP contribution in [0.4, 0.5) is 0 Å². The molecular weight excluding hydrogens is 282 g/mol. The molecule has 1 aliphatic rings. The highest BCUT2D eigenvalue weighted by atomic mass is 16.1. The molecule has 2 heteroatoms. The second kappa shape index (κ2) is 5.78. The van der Waals surface area contributed by atoms with Gasteiger partial charge in [0.15, 0.2) is 0 Å². The molecule has 3 aromatic carbocycles. The second-order valence-corrected chi connectivity index (χ2v) is 6.53. The molecule has 0 radical (unpaired) electrons. The first-order valence-corrected chi connectivity index (χ1v) is 8.36. The quantitative estimate of drug-likeness (QED) is 0.524. The van der Waals surface area contributed by atoms with Gasteiger partial charge in [-0.2, -0.15) is 0 Å². The van der Waals surface area contributed by atoms with Crippen molar-refractivity contribution in [2.45, 2.75) is 25.3 Å². The molecule has 23 heavy (non-hydrogen) atoms. The van der Waals surface area contributed by atoms with Crippen LogP contribution < -0.4 is 0 Å². The lowest BCUT2D eigenvalue weighted by atomic mass is 9.83. The molecular formula is C21H21NO. The van der Waals surface area contributed by atoms with E-state index in [1.165, 1.54) is 39.1 Å². The fraction of sp³-hybridized carbons (Fsp3) is 0.286. The number of hydrogen-bond acceptors (Lipinski definition) is 2. The monoisotopic (exact) mass is 303 g/mol.